The standard InChI is InChI=1S/C24H29FN2O2.ClH/c1-15(2)29-22-10-7-16(12-20(22)25)23(28)26-17-8-9-19-18(13-17)21-6-5-11-27(21)14-24(19,3)4;/h7-10,12-13,15,21H,5-6,11,14H2,1-4H3,(H,26,28);1H. The van der Waals surface area contributed by atoms with Crippen molar-refractivity contribution in [3.05, 3.63) is 58.9 Å². The Bertz CT molecular complexity index is 945. The summed E-state index contributed by atoms with van der Waals surface area (Å²) in [6.45, 7) is 10.4. The number of hydrogen-bond donors (Lipinski definition) is 1. The van der Waals surface area contributed by atoms with Crippen molar-refractivity contribution in [1.82, 2.24) is 4.90 Å². The van der Waals surface area contributed by atoms with E-state index in [1.165, 1.54) is 29.7 Å². The number of halogens is 2. The lowest BCUT2D eigenvalue weighted by Gasteiger charge is -2.42. The topological polar surface area (TPSA) is 41.6 Å². The molecule has 2 aromatic carbocycles. The Morgan fingerprint density at radius 3 is 2.70 bits per heavy atom. The number of ether oxygens (including phenoxy) is 1. The lowest BCUT2D eigenvalue weighted by atomic mass is 9.76. The summed E-state index contributed by atoms with van der Waals surface area (Å²) >= 11 is 0. The van der Waals surface area contributed by atoms with Crippen LogP contribution >= 0.6 is 12.4 Å². The van der Waals surface area contributed by atoms with Gasteiger partial charge in [-0.1, -0.05) is 19.9 Å². The number of nitrogens with one attached hydrogen (secondary N) is 1. The molecule has 1 N–H and O–H groups in total. The van der Waals surface area contributed by atoms with Crippen molar-refractivity contribution in [2.24, 2.45) is 0 Å². The summed E-state index contributed by atoms with van der Waals surface area (Å²) < 4.78 is 19.7. The van der Waals surface area contributed by atoms with Gasteiger partial charge >= 0.3 is 0 Å². The van der Waals surface area contributed by atoms with Gasteiger partial charge in [-0.2, -0.15) is 0 Å². The zero-order chi connectivity index (χ0) is 20.8. The first-order valence-electron chi connectivity index (χ1n) is 10.4. The van der Waals surface area contributed by atoms with Gasteiger partial charge in [-0.25, -0.2) is 4.39 Å². The van der Waals surface area contributed by atoms with E-state index in [0.29, 0.717) is 6.04 Å². The van der Waals surface area contributed by atoms with Crippen LogP contribution in [-0.2, 0) is 5.41 Å². The summed E-state index contributed by atoms with van der Waals surface area (Å²) in [5.41, 5.74) is 3.79. The first-order valence-corrected chi connectivity index (χ1v) is 10.4. The molecule has 162 valence electrons. The highest BCUT2D eigenvalue weighted by molar-refractivity contribution is 6.04. The lowest BCUT2D eigenvalue weighted by Crippen LogP contribution is -2.42. The molecule has 2 aliphatic heterocycles. The average molecular weight is 433 g/mol. The normalized spacial score (nSPS) is 19.6. The second-order valence-electron chi connectivity index (χ2n) is 9.08. The number of nitrogens with zero attached hydrogens (tertiary/aromatic N) is 1. The van der Waals surface area contributed by atoms with E-state index >= 15 is 0 Å². The van der Waals surface area contributed by atoms with Crippen molar-refractivity contribution in [3.63, 3.8) is 0 Å². The van der Waals surface area contributed by atoms with Crippen molar-refractivity contribution in [2.75, 3.05) is 18.4 Å². The third-order valence-corrected chi connectivity index (χ3v) is 5.92. The number of anilines is 1. The Morgan fingerprint density at radius 2 is 2.00 bits per heavy atom. The third kappa shape index (κ3) is 4.33. The van der Waals surface area contributed by atoms with Crippen LogP contribution < -0.4 is 10.1 Å². The van der Waals surface area contributed by atoms with Crippen LogP contribution in [0.15, 0.2) is 36.4 Å². The van der Waals surface area contributed by atoms with Crippen LogP contribution in [0.1, 0.15) is 68.1 Å². The van der Waals surface area contributed by atoms with E-state index in [2.05, 4.69) is 36.2 Å². The van der Waals surface area contributed by atoms with Crippen molar-refractivity contribution >= 4 is 24.0 Å². The number of fused-ring (bicyclic) bond motifs is 3. The summed E-state index contributed by atoms with van der Waals surface area (Å²) in [6.07, 6.45) is 2.24. The maximum atomic E-state index is 14.3. The molecule has 1 saturated heterocycles. The van der Waals surface area contributed by atoms with Crippen molar-refractivity contribution < 1.29 is 13.9 Å². The minimum atomic E-state index is -0.528. The van der Waals surface area contributed by atoms with Crippen molar-refractivity contribution in [1.29, 1.82) is 0 Å². The number of hydrogen-bond acceptors (Lipinski definition) is 3. The average Bonchev–Trinajstić information content (AvgIpc) is 3.10. The number of carbonyl (C=O) groups is 1. The second-order valence-corrected chi connectivity index (χ2v) is 9.08. The molecule has 0 aromatic heterocycles. The van der Waals surface area contributed by atoms with E-state index in [-0.39, 0.29) is 41.1 Å². The Morgan fingerprint density at radius 1 is 1.23 bits per heavy atom. The molecule has 1 atom stereocenters. The van der Waals surface area contributed by atoms with Crippen LogP contribution in [0.25, 0.3) is 0 Å². The third-order valence-electron chi connectivity index (χ3n) is 5.92. The first-order chi connectivity index (χ1) is 13.7. The Hall–Kier alpha value is -2.11. The number of rotatable bonds is 4. The molecule has 0 aliphatic carbocycles. The number of carbonyl (C=O) groups excluding carboxylic acids is 1. The molecular formula is C24H30ClFN2O2. The van der Waals surface area contributed by atoms with Gasteiger partial charge < -0.3 is 10.1 Å². The molecule has 4 rings (SSSR count). The fourth-order valence-electron chi connectivity index (χ4n) is 4.69. The summed E-state index contributed by atoms with van der Waals surface area (Å²) in [4.78, 5) is 15.2. The molecule has 0 saturated carbocycles. The van der Waals surface area contributed by atoms with Gasteiger partial charge in [-0.15, -0.1) is 12.4 Å². The van der Waals surface area contributed by atoms with Gasteiger partial charge in [-0.3, -0.25) is 9.69 Å². The molecule has 0 radical (unpaired) electrons. The van der Waals surface area contributed by atoms with Gasteiger partial charge in [0.05, 0.1) is 6.10 Å². The molecule has 1 fully saturated rings. The molecule has 0 spiro atoms. The van der Waals surface area contributed by atoms with Crippen LogP contribution in [0.5, 0.6) is 5.75 Å². The lowest BCUT2D eigenvalue weighted by molar-refractivity contribution is 0.102. The molecule has 4 nitrogen and oxygen atoms in total. The molecule has 2 aliphatic rings. The summed E-state index contributed by atoms with van der Waals surface area (Å²) in [7, 11) is 0. The molecular weight excluding hydrogens is 403 g/mol. The highest BCUT2D eigenvalue weighted by atomic mass is 35.5. The monoisotopic (exact) mass is 432 g/mol. The van der Waals surface area contributed by atoms with Crippen LogP contribution in [0.4, 0.5) is 10.1 Å². The molecule has 2 heterocycles. The number of amides is 1. The van der Waals surface area contributed by atoms with E-state index in [4.69, 9.17) is 4.74 Å². The molecule has 6 heteroatoms. The van der Waals surface area contributed by atoms with E-state index in [1.807, 2.05) is 19.9 Å². The van der Waals surface area contributed by atoms with Crippen LogP contribution in [0.2, 0.25) is 0 Å². The van der Waals surface area contributed by atoms with Crippen LogP contribution in [0.3, 0.4) is 0 Å². The maximum absolute atomic E-state index is 14.3. The van der Waals surface area contributed by atoms with Gasteiger partial charge in [-0.05, 0) is 74.7 Å². The molecule has 0 bridgehead atoms. The fraction of sp³-hybridized carbons (Fsp3) is 0.458. The first kappa shape index (κ1) is 22.6. The minimum absolute atomic E-state index is 0. The Labute approximate surface area is 184 Å². The van der Waals surface area contributed by atoms with Crippen LogP contribution in [0, 0.1) is 5.82 Å². The van der Waals surface area contributed by atoms with Gasteiger partial charge in [0, 0.05) is 29.3 Å². The van der Waals surface area contributed by atoms with Crippen molar-refractivity contribution in [3.8, 4) is 5.75 Å². The molecule has 30 heavy (non-hydrogen) atoms. The van der Waals surface area contributed by atoms with Gasteiger partial charge in [0.25, 0.3) is 5.91 Å². The minimum Gasteiger partial charge on any atom is -0.488 e. The Balaban J connectivity index is 0.00000256. The molecule has 1 amide bonds. The predicted molar refractivity (Wildman–Crippen MR) is 120 cm³/mol. The quantitative estimate of drug-likeness (QED) is 0.672. The second kappa shape index (κ2) is 8.56. The molecule has 1 unspecified atom stereocenters. The highest BCUT2D eigenvalue weighted by Crippen LogP contribution is 2.45. The van der Waals surface area contributed by atoms with E-state index < -0.39 is 5.82 Å². The van der Waals surface area contributed by atoms with E-state index in [1.54, 1.807) is 6.07 Å². The smallest absolute Gasteiger partial charge is 0.255 e. The maximum Gasteiger partial charge on any atom is 0.255 e. The summed E-state index contributed by atoms with van der Waals surface area (Å²) in [5, 5.41) is 2.94. The zero-order valence-corrected chi connectivity index (χ0v) is 18.8. The predicted octanol–water partition coefficient (Wildman–Crippen LogP) is 5.72. The van der Waals surface area contributed by atoms with E-state index in [9.17, 15) is 9.18 Å². The van der Waals surface area contributed by atoms with Gasteiger partial charge in [0.1, 0.15) is 0 Å². The van der Waals surface area contributed by atoms with E-state index in [0.717, 1.165) is 25.2 Å². The number of benzene rings is 2. The van der Waals surface area contributed by atoms with Gasteiger partial charge in [0.2, 0.25) is 0 Å². The van der Waals surface area contributed by atoms with Gasteiger partial charge in [0.15, 0.2) is 11.6 Å². The summed E-state index contributed by atoms with van der Waals surface area (Å²) in [5.74, 6) is -0.688. The Kier molecular flexibility index (Phi) is 6.44. The SMILES string of the molecule is CC(C)Oc1ccc(C(=O)Nc2ccc3c(c2)C2CCCN2CC3(C)C)cc1F.Cl. The largest absolute Gasteiger partial charge is 0.488 e. The van der Waals surface area contributed by atoms with Crippen molar-refractivity contribution in [2.45, 2.75) is 58.1 Å². The molecule has 2 aromatic rings. The summed E-state index contributed by atoms with van der Waals surface area (Å²) in [6, 6.07) is 11.0. The zero-order valence-electron chi connectivity index (χ0n) is 18.0. The highest BCUT2D eigenvalue weighted by Gasteiger charge is 2.39. The fourth-order valence-corrected chi connectivity index (χ4v) is 4.69. The van der Waals surface area contributed by atoms with Crippen LogP contribution in [-0.4, -0.2) is 30.0 Å².